The first-order chi connectivity index (χ1) is 23.6. The zero-order chi connectivity index (χ0) is 32.9. The van der Waals surface area contributed by atoms with Crippen molar-refractivity contribution in [3.63, 3.8) is 0 Å². The summed E-state index contributed by atoms with van der Waals surface area (Å²) in [6.07, 6.45) is 8.63. The van der Waals surface area contributed by atoms with Crippen LogP contribution in [0.15, 0.2) is 128 Å². The third kappa shape index (κ3) is 6.65. The van der Waals surface area contributed by atoms with E-state index in [4.69, 9.17) is 29.9 Å². The van der Waals surface area contributed by atoms with Gasteiger partial charge in [-0.2, -0.15) is 0 Å². The molecule has 0 aliphatic rings. The summed E-state index contributed by atoms with van der Waals surface area (Å²) in [5.41, 5.74) is 12.3. The van der Waals surface area contributed by atoms with Gasteiger partial charge in [-0.3, -0.25) is 15.0 Å². The van der Waals surface area contributed by atoms with E-state index in [2.05, 4.69) is 112 Å². The topological polar surface area (TPSA) is 77.3 Å². The predicted molar refractivity (Wildman–Crippen MR) is 194 cm³/mol. The summed E-state index contributed by atoms with van der Waals surface area (Å²) in [6.45, 7) is 6.48. The molecule has 3 aromatic carbocycles. The van der Waals surface area contributed by atoms with Crippen molar-refractivity contribution in [3.05, 3.63) is 144 Å². The van der Waals surface area contributed by atoms with Crippen molar-refractivity contribution in [1.82, 2.24) is 29.9 Å². The van der Waals surface area contributed by atoms with Gasteiger partial charge < -0.3 is 0 Å². The normalized spacial score (nSPS) is 11.1. The molecule has 6 nitrogen and oxygen atoms in total. The van der Waals surface area contributed by atoms with Crippen LogP contribution >= 0.6 is 0 Å². The summed E-state index contributed by atoms with van der Waals surface area (Å²) in [6, 6.07) is 37.8. The van der Waals surface area contributed by atoms with Crippen molar-refractivity contribution < 1.29 is 0 Å². The summed E-state index contributed by atoms with van der Waals surface area (Å²) in [5.74, 6) is 1.39. The molecule has 0 fully saturated rings. The quantitative estimate of drug-likeness (QED) is 0.159. The van der Waals surface area contributed by atoms with E-state index in [1.54, 1.807) is 0 Å². The van der Waals surface area contributed by atoms with E-state index in [-0.39, 0.29) is 0 Å². The molecule has 0 atom stereocenters. The fourth-order valence-corrected chi connectivity index (χ4v) is 5.61. The molecular weight excluding hydrogens is 589 g/mol. The number of hydrogen-bond donors (Lipinski definition) is 0. The van der Waals surface area contributed by atoms with Gasteiger partial charge in [0.05, 0.1) is 0 Å². The van der Waals surface area contributed by atoms with Gasteiger partial charge in [0.1, 0.15) is 17.1 Å². The Balaban J connectivity index is 1.25. The minimum Gasteiger partial charge on any atom is -0.252 e. The molecule has 0 saturated heterocycles. The monoisotopic (exact) mass is 624 g/mol. The third-order valence-electron chi connectivity index (χ3n) is 8.70. The second kappa shape index (κ2) is 13.9. The van der Waals surface area contributed by atoms with Crippen LogP contribution in [0, 0.1) is 0 Å². The lowest BCUT2D eigenvalue weighted by atomic mass is 10.0. The Morgan fingerprint density at radius 2 is 0.562 bits per heavy atom. The zero-order valence-corrected chi connectivity index (χ0v) is 27.4. The number of rotatable bonds is 9. The lowest BCUT2D eigenvalue weighted by Crippen LogP contribution is -2.03. The lowest BCUT2D eigenvalue weighted by molar-refractivity contribution is 1.03. The summed E-state index contributed by atoms with van der Waals surface area (Å²) in [7, 11) is 0. The van der Waals surface area contributed by atoms with E-state index in [9.17, 15) is 0 Å². The molecule has 0 saturated carbocycles. The summed E-state index contributed by atoms with van der Waals surface area (Å²) in [5, 5.41) is 0. The summed E-state index contributed by atoms with van der Waals surface area (Å²) in [4.78, 5) is 28.9. The van der Waals surface area contributed by atoms with Crippen LogP contribution in [0.1, 0.15) is 37.5 Å². The maximum absolute atomic E-state index is 4.86. The second-order valence-electron chi connectivity index (χ2n) is 11.8. The van der Waals surface area contributed by atoms with E-state index in [0.717, 1.165) is 52.6 Å². The smallest absolute Gasteiger partial charge is 0.182 e. The summed E-state index contributed by atoms with van der Waals surface area (Å²) >= 11 is 0. The van der Waals surface area contributed by atoms with E-state index >= 15 is 0 Å². The molecule has 4 aromatic heterocycles. The molecule has 234 valence electrons. The van der Waals surface area contributed by atoms with Gasteiger partial charge in [0.25, 0.3) is 0 Å². The van der Waals surface area contributed by atoms with E-state index in [1.165, 1.54) is 16.7 Å². The Hall–Kier alpha value is -5.88. The minimum absolute atomic E-state index is 0.463. The molecule has 4 heterocycles. The molecule has 0 spiro atoms. The fourth-order valence-electron chi connectivity index (χ4n) is 5.61. The average molecular weight is 625 g/mol. The van der Waals surface area contributed by atoms with Gasteiger partial charge in [0.15, 0.2) is 17.5 Å². The van der Waals surface area contributed by atoms with Crippen LogP contribution in [0.5, 0.6) is 0 Å². The first-order valence-electron chi connectivity index (χ1n) is 16.5. The molecule has 0 aliphatic carbocycles. The third-order valence-corrected chi connectivity index (χ3v) is 8.70. The van der Waals surface area contributed by atoms with Crippen LogP contribution in [0.3, 0.4) is 0 Å². The first-order valence-corrected chi connectivity index (χ1v) is 16.5. The van der Waals surface area contributed by atoms with Crippen molar-refractivity contribution >= 4 is 0 Å². The zero-order valence-electron chi connectivity index (χ0n) is 27.4. The van der Waals surface area contributed by atoms with Crippen LogP contribution in [0.25, 0.3) is 67.9 Å². The molecule has 0 aliphatic heterocycles. The van der Waals surface area contributed by atoms with Crippen molar-refractivity contribution in [1.29, 1.82) is 0 Å². The van der Waals surface area contributed by atoms with Gasteiger partial charge in [-0.1, -0.05) is 112 Å². The van der Waals surface area contributed by atoms with Gasteiger partial charge in [0.2, 0.25) is 0 Å². The SMILES string of the molecule is CCc1ccc(-c2ccc(-c3nc(-c4ccc(-c5ccc(CC)cc5)cn4)nc(-c4ccc(-c5ccc(CC)cc5)cn4)n3)nc2)cc1. The Morgan fingerprint density at radius 1 is 0.312 bits per heavy atom. The van der Waals surface area contributed by atoms with Crippen molar-refractivity contribution in [3.8, 4) is 67.9 Å². The maximum atomic E-state index is 4.86. The molecule has 7 aromatic rings. The second-order valence-corrected chi connectivity index (χ2v) is 11.8. The number of benzene rings is 3. The molecule has 7 rings (SSSR count). The molecule has 6 heteroatoms. The van der Waals surface area contributed by atoms with Crippen molar-refractivity contribution in [2.75, 3.05) is 0 Å². The van der Waals surface area contributed by atoms with Crippen LogP contribution in [-0.4, -0.2) is 29.9 Å². The lowest BCUT2D eigenvalue weighted by Gasteiger charge is -2.09. The number of hydrogen-bond acceptors (Lipinski definition) is 6. The average Bonchev–Trinajstić information content (AvgIpc) is 3.18. The molecule has 0 radical (unpaired) electrons. The van der Waals surface area contributed by atoms with E-state index < -0.39 is 0 Å². The highest BCUT2D eigenvalue weighted by Gasteiger charge is 2.15. The minimum atomic E-state index is 0.463. The largest absolute Gasteiger partial charge is 0.252 e. The van der Waals surface area contributed by atoms with Crippen molar-refractivity contribution in [2.24, 2.45) is 0 Å². The van der Waals surface area contributed by atoms with Gasteiger partial charge >= 0.3 is 0 Å². The first kappa shape index (κ1) is 30.8. The summed E-state index contributed by atoms with van der Waals surface area (Å²) < 4.78 is 0. The highest BCUT2D eigenvalue weighted by molar-refractivity contribution is 5.70. The van der Waals surface area contributed by atoms with Gasteiger partial charge in [-0.25, -0.2) is 15.0 Å². The Labute approximate surface area is 281 Å². The fraction of sp³-hybridized carbons (Fsp3) is 0.143. The van der Waals surface area contributed by atoms with Crippen LogP contribution in [0.4, 0.5) is 0 Å². The van der Waals surface area contributed by atoms with Crippen molar-refractivity contribution in [2.45, 2.75) is 40.0 Å². The van der Waals surface area contributed by atoms with Gasteiger partial charge in [0, 0.05) is 35.3 Å². The number of pyridine rings is 3. The Bertz CT molecular complexity index is 1860. The number of nitrogens with zero attached hydrogens (tertiary/aromatic N) is 6. The molecule has 0 amide bonds. The van der Waals surface area contributed by atoms with E-state index in [1.807, 2.05) is 36.8 Å². The van der Waals surface area contributed by atoms with E-state index in [0.29, 0.717) is 34.6 Å². The maximum Gasteiger partial charge on any atom is 0.182 e. The number of aromatic nitrogens is 6. The van der Waals surface area contributed by atoms with Crippen LogP contribution in [0.2, 0.25) is 0 Å². The molecule has 48 heavy (non-hydrogen) atoms. The van der Waals surface area contributed by atoms with Gasteiger partial charge in [-0.05, 0) is 70.8 Å². The molecular formula is C42H36N6. The molecule has 0 unspecified atom stereocenters. The van der Waals surface area contributed by atoms with Gasteiger partial charge in [-0.15, -0.1) is 0 Å². The Kier molecular flexibility index (Phi) is 8.88. The Morgan fingerprint density at radius 3 is 0.771 bits per heavy atom. The number of aryl methyl sites for hydroxylation is 3. The highest BCUT2D eigenvalue weighted by Crippen LogP contribution is 2.28. The predicted octanol–water partition coefficient (Wildman–Crippen LogP) is 9.75. The standard InChI is InChI=1S/C42H36N6/c1-4-28-7-13-31(14-8-28)34-19-22-37(43-25-34)40-46-41(38-23-20-35(26-44-38)32-15-9-29(5-2)10-16-32)48-42(47-40)39-24-21-36(27-45-39)33-17-11-30(6-3)12-18-33/h7-27H,4-6H2,1-3H3. The highest BCUT2D eigenvalue weighted by atomic mass is 15.1. The van der Waals surface area contributed by atoms with Crippen LogP contribution in [-0.2, 0) is 19.3 Å². The molecule has 0 N–H and O–H groups in total. The molecule has 0 bridgehead atoms. The van der Waals surface area contributed by atoms with Crippen LogP contribution < -0.4 is 0 Å².